The van der Waals surface area contributed by atoms with Gasteiger partial charge in [-0.2, -0.15) is 8.42 Å². The number of aliphatic hydroxyl groups excluding tert-OH is 5. The minimum absolute atomic E-state index is 0.243. The van der Waals surface area contributed by atoms with Gasteiger partial charge in [-0.1, -0.05) is 90.2 Å². The number of rotatable bonds is 23. The van der Waals surface area contributed by atoms with Gasteiger partial charge in [0.15, 0.2) is 6.29 Å². The number of ether oxygens (including phenoxy) is 2. The molecule has 1 fully saturated rings. The van der Waals surface area contributed by atoms with Gasteiger partial charge in [-0.3, -0.25) is 9.35 Å². The predicted octanol–water partition coefficient (Wildman–Crippen LogP) is 1.50. The van der Waals surface area contributed by atoms with Crippen LogP contribution in [-0.4, -0.2) is 107 Å². The van der Waals surface area contributed by atoms with Crippen molar-refractivity contribution in [1.29, 1.82) is 0 Å². The van der Waals surface area contributed by atoms with Gasteiger partial charge in [-0.25, -0.2) is 4.18 Å². The van der Waals surface area contributed by atoms with Crippen LogP contribution >= 0.6 is 0 Å². The van der Waals surface area contributed by atoms with Crippen LogP contribution in [0.3, 0.4) is 0 Å². The van der Waals surface area contributed by atoms with Crippen LogP contribution < -0.4 is 5.32 Å². The topological polar surface area (TPSA) is 212 Å². The van der Waals surface area contributed by atoms with E-state index in [9.17, 15) is 38.7 Å². The average Bonchev–Trinajstić information content (AvgIpc) is 2.94. The van der Waals surface area contributed by atoms with Gasteiger partial charge in [0, 0.05) is 0 Å². The molecule has 13 nitrogen and oxygen atoms in total. The first-order chi connectivity index (χ1) is 19.9. The lowest BCUT2D eigenvalue weighted by molar-refractivity contribution is -0.298. The largest absolute Gasteiger partial charge is 0.397 e. The van der Waals surface area contributed by atoms with Crippen LogP contribution in [0.4, 0.5) is 0 Å². The van der Waals surface area contributed by atoms with Crippen molar-refractivity contribution in [2.75, 3.05) is 13.2 Å². The molecule has 1 aliphatic heterocycles. The maximum Gasteiger partial charge on any atom is 0.397 e. The number of hydrogen-bond donors (Lipinski definition) is 7. The van der Waals surface area contributed by atoms with Crippen molar-refractivity contribution >= 4 is 16.3 Å². The normalized spacial score (nSPS) is 25.4. The summed E-state index contributed by atoms with van der Waals surface area (Å²) < 4.78 is 46.7. The number of hydrogen-bond acceptors (Lipinski definition) is 11. The van der Waals surface area contributed by atoms with Crippen molar-refractivity contribution in [3.8, 4) is 0 Å². The lowest BCUT2D eigenvalue weighted by Gasteiger charge is -2.41. The van der Waals surface area contributed by atoms with Gasteiger partial charge in [-0.05, 0) is 19.3 Å². The number of allylic oxidation sites excluding steroid dienone is 1. The summed E-state index contributed by atoms with van der Waals surface area (Å²) in [6.45, 7) is 2.96. The van der Waals surface area contributed by atoms with Crippen molar-refractivity contribution in [2.45, 2.75) is 146 Å². The first-order valence-corrected chi connectivity index (χ1v) is 16.5. The fourth-order valence-electron chi connectivity index (χ4n) is 4.63. The average molecular weight is 628 g/mol. The third-order valence-corrected chi connectivity index (χ3v) is 7.64. The summed E-state index contributed by atoms with van der Waals surface area (Å²) in [6.07, 6.45) is 4.21. The van der Waals surface area contributed by atoms with Crippen LogP contribution in [0, 0.1) is 0 Å². The van der Waals surface area contributed by atoms with E-state index >= 15 is 0 Å². The van der Waals surface area contributed by atoms with Crippen LogP contribution in [0.2, 0.25) is 0 Å². The summed E-state index contributed by atoms with van der Waals surface area (Å²) in [5, 5.41) is 54.0. The molecule has 0 radical (unpaired) electrons. The Morgan fingerprint density at radius 1 is 0.952 bits per heavy atom. The third-order valence-electron chi connectivity index (χ3n) is 7.18. The number of carbonyl (C=O) groups excluding carboxylic acids is 1. The molecule has 0 spiro atoms. The van der Waals surface area contributed by atoms with Crippen LogP contribution in [-0.2, 0) is 28.9 Å². The second kappa shape index (κ2) is 21.5. The van der Waals surface area contributed by atoms with Gasteiger partial charge in [0.2, 0.25) is 5.91 Å². The molecule has 1 amide bonds. The number of amides is 1. The summed E-state index contributed by atoms with van der Waals surface area (Å²) in [5.74, 6) is -0.716. The Labute approximate surface area is 250 Å². The number of unbranched alkanes of at least 4 members (excludes halogenated alkanes) is 10. The van der Waals surface area contributed by atoms with E-state index in [0.29, 0.717) is 12.8 Å². The zero-order valence-corrected chi connectivity index (χ0v) is 25.7. The summed E-state index contributed by atoms with van der Waals surface area (Å²) >= 11 is 0. The quantitative estimate of drug-likeness (QED) is 0.0488. The van der Waals surface area contributed by atoms with Crippen molar-refractivity contribution in [3.63, 3.8) is 0 Å². The van der Waals surface area contributed by atoms with Crippen LogP contribution in [0.5, 0.6) is 0 Å². The van der Waals surface area contributed by atoms with E-state index < -0.39 is 78.5 Å². The summed E-state index contributed by atoms with van der Waals surface area (Å²) in [6, 6.07) is -1.11. The van der Waals surface area contributed by atoms with E-state index in [1.807, 2.05) is 0 Å². The van der Waals surface area contributed by atoms with E-state index in [2.05, 4.69) is 23.3 Å². The first kappa shape index (κ1) is 38.8. The lowest BCUT2D eigenvalue weighted by Crippen LogP contribution is -2.61. The molecule has 0 aromatic heterocycles. The standard InChI is InChI=1S/C28H53NO12S/c1-3-5-7-9-10-11-13-15-17-22(32)27(35)29-20(21(31)16-14-12-8-6-4-2)19-39-28-25(34)26(41-42(36,37)38)24(33)23(18-30)40-28/h14,16,20-26,28,30-34H,3-13,15,17-19H2,1-2H3,(H,29,35)(H,36,37,38)/b16-14+. The summed E-state index contributed by atoms with van der Waals surface area (Å²) in [7, 11) is -5.10. The van der Waals surface area contributed by atoms with Crippen LogP contribution in [0.25, 0.3) is 0 Å². The molecule has 8 atom stereocenters. The van der Waals surface area contributed by atoms with Crippen molar-refractivity contribution < 1.29 is 57.0 Å². The van der Waals surface area contributed by atoms with Gasteiger partial charge >= 0.3 is 10.4 Å². The Balaban J connectivity index is 2.82. The Morgan fingerprint density at radius 2 is 1.55 bits per heavy atom. The van der Waals surface area contributed by atoms with E-state index in [1.165, 1.54) is 31.8 Å². The van der Waals surface area contributed by atoms with Gasteiger partial charge in [0.05, 0.1) is 25.4 Å². The fraction of sp³-hybridized carbons (Fsp3) is 0.893. The van der Waals surface area contributed by atoms with E-state index in [-0.39, 0.29) is 6.42 Å². The second-order valence-corrected chi connectivity index (χ2v) is 11.9. The summed E-state index contributed by atoms with van der Waals surface area (Å²) in [5.41, 5.74) is 0. The van der Waals surface area contributed by atoms with Gasteiger partial charge < -0.3 is 40.3 Å². The summed E-state index contributed by atoms with van der Waals surface area (Å²) in [4.78, 5) is 12.8. The predicted molar refractivity (Wildman–Crippen MR) is 155 cm³/mol. The first-order valence-electron chi connectivity index (χ1n) is 15.2. The monoisotopic (exact) mass is 627 g/mol. The molecule has 42 heavy (non-hydrogen) atoms. The molecule has 1 saturated heterocycles. The zero-order valence-electron chi connectivity index (χ0n) is 24.9. The molecule has 0 aromatic rings. The van der Waals surface area contributed by atoms with Gasteiger partial charge in [0.25, 0.3) is 0 Å². The maximum absolute atomic E-state index is 12.8. The third kappa shape index (κ3) is 15.5. The van der Waals surface area contributed by atoms with Gasteiger partial charge in [0.1, 0.15) is 30.5 Å². The number of nitrogens with one attached hydrogen (secondary N) is 1. The Morgan fingerprint density at radius 3 is 2.14 bits per heavy atom. The van der Waals surface area contributed by atoms with E-state index in [1.54, 1.807) is 6.08 Å². The van der Waals surface area contributed by atoms with E-state index in [4.69, 9.17) is 14.0 Å². The zero-order chi connectivity index (χ0) is 31.5. The Bertz CT molecular complexity index is 858. The molecule has 0 bridgehead atoms. The van der Waals surface area contributed by atoms with Crippen LogP contribution in [0.15, 0.2) is 12.2 Å². The molecule has 1 aliphatic rings. The smallest absolute Gasteiger partial charge is 0.394 e. The van der Waals surface area contributed by atoms with E-state index in [0.717, 1.165) is 38.5 Å². The highest BCUT2D eigenvalue weighted by molar-refractivity contribution is 7.80. The molecule has 0 saturated carbocycles. The molecule has 0 aromatic carbocycles. The maximum atomic E-state index is 12.8. The lowest BCUT2D eigenvalue weighted by atomic mass is 9.99. The highest BCUT2D eigenvalue weighted by Crippen LogP contribution is 2.26. The Kier molecular flexibility index (Phi) is 19.9. The number of aliphatic hydroxyl groups is 5. The molecular weight excluding hydrogens is 574 g/mol. The SMILES string of the molecule is CCCCC/C=C/C(O)C(COC1OC(CO)C(O)C(OS(=O)(=O)O)C1O)NC(=O)C(O)CCCCCCCCCC. The van der Waals surface area contributed by atoms with Gasteiger partial charge in [-0.15, -0.1) is 0 Å². The van der Waals surface area contributed by atoms with Crippen molar-refractivity contribution in [3.05, 3.63) is 12.2 Å². The second-order valence-electron chi connectivity index (χ2n) is 10.8. The highest BCUT2D eigenvalue weighted by Gasteiger charge is 2.48. The fourth-order valence-corrected chi connectivity index (χ4v) is 5.14. The van der Waals surface area contributed by atoms with Crippen molar-refractivity contribution in [1.82, 2.24) is 5.32 Å². The molecule has 1 rings (SSSR count). The molecule has 14 heteroatoms. The minimum atomic E-state index is -5.10. The molecule has 248 valence electrons. The van der Waals surface area contributed by atoms with Crippen LogP contribution in [0.1, 0.15) is 97.3 Å². The Hall–Kier alpha value is -1.20. The minimum Gasteiger partial charge on any atom is -0.394 e. The molecule has 1 heterocycles. The molecule has 7 N–H and O–H groups in total. The molecule has 8 unspecified atom stereocenters. The molecular formula is C28H53NO12S. The van der Waals surface area contributed by atoms with Crippen molar-refractivity contribution in [2.24, 2.45) is 0 Å². The number of carbonyl (C=O) groups is 1. The molecule has 0 aliphatic carbocycles. The highest BCUT2D eigenvalue weighted by atomic mass is 32.3.